The molecule has 19 heavy (non-hydrogen) atoms. The first-order chi connectivity index (χ1) is 8.97. The fourth-order valence-electron chi connectivity index (χ4n) is 2.26. The van der Waals surface area contributed by atoms with E-state index in [0.717, 1.165) is 24.2 Å². The molecule has 1 aromatic rings. The highest BCUT2D eigenvalue weighted by molar-refractivity contribution is 5.31. The molecule has 1 rings (SSSR count). The minimum Gasteiger partial charge on any atom is -0.493 e. The number of aryl methyl sites for hydroxylation is 1. The Morgan fingerprint density at radius 3 is 2.58 bits per heavy atom. The van der Waals surface area contributed by atoms with E-state index in [1.54, 1.807) is 0 Å². The third-order valence-corrected chi connectivity index (χ3v) is 3.21. The molecule has 0 spiro atoms. The molecule has 0 aliphatic heterocycles. The standard InChI is InChI=1S/C16H27NO2/c1-13(2)17-16(4,12-18)10-7-11-19-15-9-6-5-8-14(15)3/h5-6,8-9,13,17-18H,7,10-12H2,1-4H3. The average molecular weight is 265 g/mol. The summed E-state index contributed by atoms with van der Waals surface area (Å²) in [7, 11) is 0. The van der Waals surface area contributed by atoms with Crippen molar-refractivity contribution in [2.24, 2.45) is 0 Å². The van der Waals surface area contributed by atoms with Crippen molar-refractivity contribution in [1.29, 1.82) is 0 Å². The fraction of sp³-hybridized carbons (Fsp3) is 0.625. The molecular weight excluding hydrogens is 238 g/mol. The monoisotopic (exact) mass is 265 g/mol. The van der Waals surface area contributed by atoms with Gasteiger partial charge in [-0.3, -0.25) is 0 Å². The van der Waals surface area contributed by atoms with E-state index in [2.05, 4.69) is 26.1 Å². The minimum absolute atomic E-state index is 0.148. The predicted molar refractivity (Wildman–Crippen MR) is 79.7 cm³/mol. The SMILES string of the molecule is Cc1ccccc1OCCCC(C)(CO)NC(C)C. The molecule has 2 N–H and O–H groups in total. The van der Waals surface area contributed by atoms with Gasteiger partial charge in [-0.05, 0) is 38.3 Å². The summed E-state index contributed by atoms with van der Waals surface area (Å²) < 4.78 is 5.77. The maximum Gasteiger partial charge on any atom is 0.122 e. The normalized spacial score (nSPS) is 14.4. The third kappa shape index (κ3) is 5.62. The summed E-state index contributed by atoms with van der Waals surface area (Å²) in [4.78, 5) is 0. The largest absolute Gasteiger partial charge is 0.493 e. The van der Waals surface area contributed by atoms with E-state index < -0.39 is 0 Å². The van der Waals surface area contributed by atoms with Gasteiger partial charge in [-0.25, -0.2) is 0 Å². The summed E-state index contributed by atoms with van der Waals surface area (Å²) in [5, 5.41) is 12.9. The number of nitrogens with one attached hydrogen (secondary N) is 1. The second-order valence-corrected chi connectivity index (χ2v) is 5.74. The summed E-state index contributed by atoms with van der Waals surface area (Å²) in [6, 6.07) is 8.41. The van der Waals surface area contributed by atoms with Crippen LogP contribution in [0.25, 0.3) is 0 Å². The van der Waals surface area contributed by atoms with E-state index in [4.69, 9.17) is 4.74 Å². The van der Waals surface area contributed by atoms with E-state index in [1.807, 2.05) is 31.2 Å². The van der Waals surface area contributed by atoms with Crippen LogP contribution >= 0.6 is 0 Å². The van der Waals surface area contributed by atoms with Gasteiger partial charge in [0, 0.05) is 11.6 Å². The van der Waals surface area contributed by atoms with Gasteiger partial charge in [0.25, 0.3) is 0 Å². The molecule has 3 nitrogen and oxygen atoms in total. The lowest BCUT2D eigenvalue weighted by atomic mass is 9.96. The van der Waals surface area contributed by atoms with Crippen molar-refractivity contribution in [3.63, 3.8) is 0 Å². The molecule has 0 saturated heterocycles. The summed E-state index contributed by atoms with van der Waals surface area (Å²) in [5.74, 6) is 0.949. The number of hydrogen-bond acceptors (Lipinski definition) is 3. The first-order valence-corrected chi connectivity index (χ1v) is 7.04. The molecule has 1 aromatic carbocycles. The van der Waals surface area contributed by atoms with Crippen molar-refractivity contribution in [3.05, 3.63) is 29.8 Å². The lowest BCUT2D eigenvalue weighted by Gasteiger charge is -2.31. The number of aliphatic hydroxyl groups is 1. The molecule has 0 saturated carbocycles. The van der Waals surface area contributed by atoms with E-state index in [-0.39, 0.29) is 12.1 Å². The lowest BCUT2D eigenvalue weighted by molar-refractivity contribution is 0.147. The molecule has 0 aliphatic rings. The molecule has 0 heterocycles. The second kappa shape index (κ2) is 7.51. The molecule has 0 bridgehead atoms. The second-order valence-electron chi connectivity index (χ2n) is 5.74. The summed E-state index contributed by atoms with van der Waals surface area (Å²) in [5.41, 5.74) is 0.941. The summed E-state index contributed by atoms with van der Waals surface area (Å²) in [6.07, 6.45) is 1.82. The molecule has 108 valence electrons. The van der Waals surface area contributed by atoms with Gasteiger partial charge in [0.15, 0.2) is 0 Å². The highest BCUT2D eigenvalue weighted by Gasteiger charge is 2.23. The molecular formula is C16H27NO2. The Kier molecular flexibility index (Phi) is 6.32. The quantitative estimate of drug-likeness (QED) is 0.710. The Balaban J connectivity index is 2.35. The zero-order chi connectivity index (χ0) is 14.3. The summed E-state index contributed by atoms with van der Waals surface area (Å²) in [6.45, 7) is 9.12. The molecule has 0 radical (unpaired) electrons. The van der Waals surface area contributed by atoms with Crippen LogP contribution in [0.3, 0.4) is 0 Å². The molecule has 1 atom stereocenters. The van der Waals surface area contributed by atoms with Crippen molar-refractivity contribution in [2.45, 2.75) is 52.1 Å². The number of ether oxygens (including phenoxy) is 1. The van der Waals surface area contributed by atoms with Gasteiger partial charge in [-0.15, -0.1) is 0 Å². The highest BCUT2D eigenvalue weighted by Crippen LogP contribution is 2.18. The molecule has 0 aliphatic carbocycles. The molecule has 0 fully saturated rings. The zero-order valence-electron chi connectivity index (χ0n) is 12.6. The number of benzene rings is 1. The van der Waals surface area contributed by atoms with E-state index in [9.17, 15) is 5.11 Å². The smallest absolute Gasteiger partial charge is 0.122 e. The van der Waals surface area contributed by atoms with Crippen molar-refractivity contribution in [1.82, 2.24) is 5.32 Å². The van der Waals surface area contributed by atoms with Crippen LogP contribution in [0.4, 0.5) is 0 Å². The van der Waals surface area contributed by atoms with Crippen LogP contribution < -0.4 is 10.1 Å². The van der Waals surface area contributed by atoms with Crippen LogP contribution in [0.15, 0.2) is 24.3 Å². The van der Waals surface area contributed by atoms with Gasteiger partial charge < -0.3 is 15.2 Å². The van der Waals surface area contributed by atoms with Crippen molar-refractivity contribution in [3.8, 4) is 5.75 Å². The van der Waals surface area contributed by atoms with Gasteiger partial charge in [0.2, 0.25) is 0 Å². The van der Waals surface area contributed by atoms with E-state index >= 15 is 0 Å². The van der Waals surface area contributed by atoms with Crippen molar-refractivity contribution in [2.75, 3.05) is 13.2 Å². The fourth-order valence-corrected chi connectivity index (χ4v) is 2.26. The van der Waals surface area contributed by atoms with Gasteiger partial charge in [0.05, 0.1) is 13.2 Å². The Bertz CT molecular complexity index is 379. The van der Waals surface area contributed by atoms with E-state index in [1.165, 1.54) is 0 Å². The Morgan fingerprint density at radius 2 is 2.00 bits per heavy atom. The predicted octanol–water partition coefficient (Wildman–Crippen LogP) is 2.90. The molecule has 0 amide bonds. The maximum absolute atomic E-state index is 9.49. The van der Waals surface area contributed by atoms with Crippen LogP contribution in [-0.2, 0) is 0 Å². The minimum atomic E-state index is -0.219. The topological polar surface area (TPSA) is 41.5 Å². The number of aliphatic hydroxyl groups excluding tert-OH is 1. The number of para-hydroxylation sites is 1. The van der Waals surface area contributed by atoms with Crippen LogP contribution in [0.1, 0.15) is 39.2 Å². The van der Waals surface area contributed by atoms with Gasteiger partial charge in [0.1, 0.15) is 5.75 Å². The maximum atomic E-state index is 9.49. The lowest BCUT2D eigenvalue weighted by Crippen LogP contribution is -2.49. The van der Waals surface area contributed by atoms with Gasteiger partial charge in [-0.2, -0.15) is 0 Å². The third-order valence-electron chi connectivity index (χ3n) is 3.21. The van der Waals surface area contributed by atoms with Crippen molar-refractivity contribution < 1.29 is 9.84 Å². The Morgan fingerprint density at radius 1 is 1.32 bits per heavy atom. The van der Waals surface area contributed by atoms with Gasteiger partial charge in [-0.1, -0.05) is 32.0 Å². The van der Waals surface area contributed by atoms with Crippen LogP contribution in [0.5, 0.6) is 5.75 Å². The first kappa shape index (κ1) is 16.0. The highest BCUT2D eigenvalue weighted by atomic mass is 16.5. The van der Waals surface area contributed by atoms with Crippen LogP contribution in [-0.4, -0.2) is 29.9 Å². The molecule has 0 aromatic heterocycles. The number of rotatable bonds is 8. The van der Waals surface area contributed by atoms with Crippen LogP contribution in [0.2, 0.25) is 0 Å². The molecule has 1 unspecified atom stereocenters. The summed E-state index contributed by atoms with van der Waals surface area (Å²) >= 11 is 0. The average Bonchev–Trinajstić information content (AvgIpc) is 2.36. The van der Waals surface area contributed by atoms with Gasteiger partial charge >= 0.3 is 0 Å². The van der Waals surface area contributed by atoms with E-state index in [0.29, 0.717) is 12.6 Å². The zero-order valence-corrected chi connectivity index (χ0v) is 12.6. The Labute approximate surface area is 117 Å². The number of hydrogen-bond donors (Lipinski definition) is 2. The van der Waals surface area contributed by atoms with Crippen molar-refractivity contribution >= 4 is 0 Å². The van der Waals surface area contributed by atoms with Crippen LogP contribution in [0, 0.1) is 6.92 Å². The first-order valence-electron chi connectivity index (χ1n) is 7.04. The Hall–Kier alpha value is -1.06. The molecule has 3 heteroatoms.